The van der Waals surface area contributed by atoms with Crippen molar-refractivity contribution in [3.8, 4) is 0 Å². The molecular weight excluding hydrogens is 326 g/mol. The van der Waals surface area contributed by atoms with Gasteiger partial charge >= 0.3 is 0 Å². The fourth-order valence-electron chi connectivity index (χ4n) is 2.16. The van der Waals surface area contributed by atoms with E-state index in [2.05, 4.69) is 26.0 Å². The second-order valence-corrected chi connectivity index (χ2v) is 5.86. The number of aryl methyl sites for hydroxylation is 2. The average molecular weight is 342 g/mol. The van der Waals surface area contributed by atoms with E-state index >= 15 is 0 Å². The van der Waals surface area contributed by atoms with Crippen LogP contribution in [-0.2, 0) is 0 Å². The number of carbonyl (C=O) groups is 1. The van der Waals surface area contributed by atoms with Crippen molar-refractivity contribution in [1.29, 1.82) is 0 Å². The Bertz CT molecular complexity index is 873. The molecule has 3 rings (SSSR count). The van der Waals surface area contributed by atoms with Gasteiger partial charge in [0.15, 0.2) is 11.5 Å². The van der Waals surface area contributed by atoms with Crippen molar-refractivity contribution in [2.75, 3.05) is 10.6 Å². The number of halogens is 1. The highest BCUT2D eigenvalue weighted by Crippen LogP contribution is 2.22. The number of nitrogens with zero attached hydrogens (tertiary/aromatic N) is 2. The van der Waals surface area contributed by atoms with Crippen LogP contribution in [0.25, 0.3) is 0 Å². The molecular formula is C17H16ClN5O. The average Bonchev–Trinajstić information content (AvgIpc) is 3.01. The number of aromatic amines is 1. The minimum Gasteiger partial charge on any atom is -0.337 e. The summed E-state index contributed by atoms with van der Waals surface area (Å²) in [5.41, 5.74) is 3.69. The smallest absolute Gasteiger partial charge is 0.280 e. The summed E-state index contributed by atoms with van der Waals surface area (Å²) in [4.78, 5) is 12.5. The number of hydrogen-bond donors (Lipinski definition) is 3. The van der Waals surface area contributed by atoms with Crippen LogP contribution in [-0.4, -0.2) is 21.3 Å². The number of H-pyrrole nitrogens is 1. The third-order valence-electron chi connectivity index (χ3n) is 3.53. The van der Waals surface area contributed by atoms with E-state index in [1.807, 2.05) is 44.2 Å². The van der Waals surface area contributed by atoms with E-state index in [0.717, 1.165) is 16.8 Å². The first-order valence-corrected chi connectivity index (χ1v) is 7.72. The molecule has 0 fully saturated rings. The normalized spacial score (nSPS) is 10.5. The van der Waals surface area contributed by atoms with Crippen LogP contribution in [0.15, 0.2) is 42.5 Å². The van der Waals surface area contributed by atoms with E-state index in [4.69, 9.17) is 11.6 Å². The molecule has 24 heavy (non-hydrogen) atoms. The third-order valence-corrected chi connectivity index (χ3v) is 3.76. The molecule has 0 bridgehead atoms. The highest BCUT2D eigenvalue weighted by Gasteiger charge is 2.17. The van der Waals surface area contributed by atoms with Crippen LogP contribution >= 0.6 is 11.6 Å². The predicted octanol–water partition coefficient (Wildman–Crippen LogP) is 4.07. The Balaban J connectivity index is 1.80. The summed E-state index contributed by atoms with van der Waals surface area (Å²) in [6, 6.07) is 13.1. The largest absolute Gasteiger partial charge is 0.337 e. The van der Waals surface area contributed by atoms with Crippen LogP contribution in [0.5, 0.6) is 0 Å². The summed E-state index contributed by atoms with van der Waals surface area (Å²) in [6.07, 6.45) is 0. The fraction of sp³-hybridized carbons (Fsp3) is 0.118. The molecule has 6 nitrogen and oxygen atoms in total. The molecule has 0 aliphatic rings. The zero-order valence-electron chi connectivity index (χ0n) is 13.2. The van der Waals surface area contributed by atoms with Gasteiger partial charge in [-0.1, -0.05) is 35.4 Å². The molecule has 0 aliphatic carbocycles. The van der Waals surface area contributed by atoms with E-state index in [1.165, 1.54) is 0 Å². The van der Waals surface area contributed by atoms with Crippen molar-refractivity contribution in [1.82, 2.24) is 15.4 Å². The third kappa shape index (κ3) is 3.55. The highest BCUT2D eigenvalue weighted by atomic mass is 35.5. The number of amides is 1. The number of aromatic nitrogens is 3. The number of nitrogens with one attached hydrogen (secondary N) is 3. The lowest BCUT2D eigenvalue weighted by molar-refractivity contribution is 0.102. The molecule has 0 saturated heterocycles. The first-order chi connectivity index (χ1) is 11.5. The van der Waals surface area contributed by atoms with Gasteiger partial charge in [-0.05, 0) is 43.7 Å². The standard InChI is InChI=1S/C17H16ClN5O/c1-10-3-7-13(8-4-10)19-16-15(21-23-22-16)17(24)20-14-9-12(18)6-5-11(14)2/h3-9H,1-2H3,(H,20,24)(H2,19,21,22,23). The highest BCUT2D eigenvalue weighted by molar-refractivity contribution is 6.31. The number of rotatable bonds is 4. The first-order valence-electron chi connectivity index (χ1n) is 7.35. The van der Waals surface area contributed by atoms with Crippen molar-refractivity contribution < 1.29 is 4.79 Å². The van der Waals surface area contributed by atoms with Gasteiger partial charge in [0, 0.05) is 16.4 Å². The van der Waals surface area contributed by atoms with Gasteiger partial charge in [0.05, 0.1) is 0 Å². The second kappa shape index (κ2) is 6.72. The molecule has 0 spiro atoms. The zero-order valence-corrected chi connectivity index (χ0v) is 14.0. The number of benzene rings is 2. The summed E-state index contributed by atoms with van der Waals surface area (Å²) >= 11 is 5.98. The van der Waals surface area contributed by atoms with Crippen LogP contribution < -0.4 is 10.6 Å². The summed E-state index contributed by atoms with van der Waals surface area (Å²) in [5.74, 6) is -0.0141. The molecule has 1 heterocycles. The van der Waals surface area contributed by atoms with Crippen molar-refractivity contribution in [2.24, 2.45) is 0 Å². The minimum atomic E-state index is -0.372. The lowest BCUT2D eigenvalue weighted by atomic mass is 10.2. The SMILES string of the molecule is Cc1ccc(Nc2n[nH]nc2C(=O)Nc2cc(Cl)ccc2C)cc1. The maximum absolute atomic E-state index is 12.5. The Labute approximate surface area is 144 Å². The Kier molecular flexibility index (Phi) is 4.48. The molecule has 0 aliphatic heterocycles. The second-order valence-electron chi connectivity index (χ2n) is 5.43. The molecule has 1 amide bonds. The summed E-state index contributed by atoms with van der Waals surface area (Å²) < 4.78 is 0. The van der Waals surface area contributed by atoms with Crippen molar-refractivity contribution in [2.45, 2.75) is 13.8 Å². The molecule has 3 aromatic rings. The van der Waals surface area contributed by atoms with E-state index in [-0.39, 0.29) is 11.6 Å². The maximum Gasteiger partial charge on any atom is 0.280 e. The van der Waals surface area contributed by atoms with Crippen molar-refractivity contribution in [3.05, 3.63) is 64.3 Å². The van der Waals surface area contributed by atoms with Gasteiger partial charge in [-0.25, -0.2) is 0 Å². The Morgan fingerprint density at radius 3 is 2.58 bits per heavy atom. The first kappa shape index (κ1) is 16.0. The number of hydrogen-bond acceptors (Lipinski definition) is 4. The molecule has 0 unspecified atom stereocenters. The lowest BCUT2D eigenvalue weighted by Gasteiger charge is -2.09. The van der Waals surface area contributed by atoms with Crippen LogP contribution in [0.1, 0.15) is 21.6 Å². The molecule has 1 aromatic heterocycles. The van der Waals surface area contributed by atoms with E-state index in [1.54, 1.807) is 12.1 Å². The van der Waals surface area contributed by atoms with Gasteiger partial charge < -0.3 is 10.6 Å². The molecule has 3 N–H and O–H groups in total. The van der Waals surface area contributed by atoms with E-state index in [0.29, 0.717) is 16.5 Å². The van der Waals surface area contributed by atoms with Gasteiger partial charge in [0.1, 0.15) is 0 Å². The topological polar surface area (TPSA) is 82.7 Å². The predicted molar refractivity (Wildman–Crippen MR) is 95.0 cm³/mol. The Morgan fingerprint density at radius 2 is 1.83 bits per heavy atom. The van der Waals surface area contributed by atoms with Gasteiger partial charge in [-0.3, -0.25) is 4.79 Å². The molecule has 0 saturated carbocycles. The quantitative estimate of drug-likeness (QED) is 0.668. The van der Waals surface area contributed by atoms with Gasteiger partial charge in [-0.2, -0.15) is 5.21 Å². The van der Waals surface area contributed by atoms with Crippen LogP contribution in [0.2, 0.25) is 5.02 Å². The Morgan fingerprint density at radius 1 is 1.08 bits per heavy atom. The van der Waals surface area contributed by atoms with E-state index < -0.39 is 0 Å². The number of carbonyl (C=O) groups excluding carboxylic acids is 1. The van der Waals surface area contributed by atoms with Crippen LogP contribution in [0, 0.1) is 13.8 Å². The molecule has 7 heteroatoms. The maximum atomic E-state index is 12.5. The minimum absolute atomic E-state index is 0.176. The molecule has 2 aromatic carbocycles. The van der Waals surface area contributed by atoms with Crippen molar-refractivity contribution in [3.63, 3.8) is 0 Å². The molecule has 122 valence electrons. The lowest BCUT2D eigenvalue weighted by Crippen LogP contribution is -2.15. The van der Waals surface area contributed by atoms with Gasteiger partial charge in [-0.15, -0.1) is 10.2 Å². The van der Waals surface area contributed by atoms with Crippen LogP contribution in [0.3, 0.4) is 0 Å². The zero-order chi connectivity index (χ0) is 17.1. The van der Waals surface area contributed by atoms with Gasteiger partial charge in [0.25, 0.3) is 5.91 Å². The van der Waals surface area contributed by atoms with Crippen molar-refractivity contribution >= 4 is 34.7 Å². The molecule has 0 atom stereocenters. The van der Waals surface area contributed by atoms with Crippen LogP contribution in [0.4, 0.5) is 17.2 Å². The van der Waals surface area contributed by atoms with Gasteiger partial charge in [0.2, 0.25) is 0 Å². The number of anilines is 3. The summed E-state index contributed by atoms with van der Waals surface area (Å²) in [6.45, 7) is 3.90. The summed E-state index contributed by atoms with van der Waals surface area (Å²) in [5, 5.41) is 16.8. The molecule has 0 radical (unpaired) electrons. The summed E-state index contributed by atoms with van der Waals surface area (Å²) in [7, 11) is 0. The Hall–Kier alpha value is -2.86. The monoisotopic (exact) mass is 341 g/mol. The van der Waals surface area contributed by atoms with E-state index in [9.17, 15) is 4.79 Å². The fourth-order valence-corrected chi connectivity index (χ4v) is 2.33.